The van der Waals surface area contributed by atoms with Crippen LogP contribution in [-0.4, -0.2) is 4.57 Å². The summed E-state index contributed by atoms with van der Waals surface area (Å²) >= 11 is 0. The van der Waals surface area contributed by atoms with Gasteiger partial charge in [0.2, 0.25) is 0 Å². The van der Waals surface area contributed by atoms with E-state index in [0.717, 1.165) is 18.4 Å². The van der Waals surface area contributed by atoms with Crippen LogP contribution in [0, 0.1) is 0 Å². The Morgan fingerprint density at radius 1 is 1.33 bits per heavy atom. The van der Waals surface area contributed by atoms with Crippen LogP contribution in [0.1, 0.15) is 25.0 Å². The lowest BCUT2D eigenvalue weighted by Crippen LogP contribution is -2.20. The Morgan fingerprint density at radius 3 is 2.50 bits per heavy atom. The largest absolute Gasteiger partial charge is 0.318 e. The molecule has 1 aromatic heterocycles. The van der Waals surface area contributed by atoms with Gasteiger partial charge in [-0.2, -0.15) is 0 Å². The summed E-state index contributed by atoms with van der Waals surface area (Å²) in [5.41, 5.74) is 2.28. The number of nitrogens with zero attached hydrogens (tertiary/aromatic N) is 1. The molecule has 0 saturated carbocycles. The third kappa shape index (κ3) is 1.58. The lowest BCUT2D eigenvalue weighted by molar-refractivity contribution is 0.817. The number of aryl methyl sites for hydroxylation is 3. The van der Waals surface area contributed by atoms with Crippen molar-refractivity contribution in [3.8, 4) is 0 Å². The van der Waals surface area contributed by atoms with Gasteiger partial charge in [0.05, 0.1) is 0 Å². The second-order valence-corrected chi connectivity index (χ2v) is 3.00. The first kappa shape index (κ1) is 9.04. The lowest BCUT2D eigenvalue weighted by atomic mass is 10.1. The van der Waals surface area contributed by atoms with Gasteiger partial charge in [0.1, 0.15) is 0 Å². The summed E-state index contributed by atoms with van der Waals surface area (Å²) in [4.78, 5) is 11.4. The molecule has 0 atom stereocenters. The van der Waals surface area contributed by atoms with Crippen molar-refractivity contribution >= 4 is 0 Å². The Kier molecular flexibility index (Phi) is 2.69. The van der Waals surface area contributed by atoms with Crippen molar-refractivity contribution in [1.82, 2.24) is 4.57 Å². The second kappa shape index (κ2) is 3.57. The highest BCUT2D eigenvalue weighted by Crippen LogP contribution is 2.01. The summed E-state index contributed by atoms with van der Waals surface area (Å²) in [6.07, 6.45) is 3.71. The van der Waals surface area contributed by atoms with E-state index in [9.17, 15) is 4.79 Å². The molecule has 0 saturated heterocycles. The molecule has 0 bridgehead atoms. The van der Waals surface area contributed by atoms with Crippen molar-refractivity contribution in [3.05, 3.63) is 33.7 Å². The fourth-order valence-corrected chi connectivity index (χ4v) is 1.30. The van der Waals surface area contributed by atoms with Gasteiger partial charge in [0, 0.05) is 18.8 Å². The maximum Gasteiger partial charge on any atom is 0.253 e. The predicted octanol–water partition coefficient (Wildman–Crippen LogP) is 1.51. The standard InChI is InChI=1S/C10H15NO/c1-4-8-6-9(5-2)10(12)11(3)7-8/h6-7H,4-5H2,1-3H3. The molecule has 0 unspecified atom stereocenters. The molecule has 1 aromatic rings. The van der Waals surface area contributed by atoms with Crippen LogP contribution >= 0.6 is 0 Å². The molecule has 0 radical (unpaired) electrons. The zero-order valence-electron chi connectivity index (χ0n) is 7.92. The molecule has 0 aliphatic rings. The first-order valence-corrected chi connectivity index (χ1v) is 4.37. The van der Waals surface area contributed by atoms with E-state index in [1.807, 2.05) is 19.2 Å². The van der Waals surface area contributed by atoms with Crippen molar-refractivity contribution in [2.75, 3.05) is 0 Å². The van der Waals surface area contributed by atoms with E-state index in [2.05, 4.69) is 6.92 Å². The topological polar surface area (TPSA) is 22.0 Å². The third-order valence-electron chi connectivity index (χ3n) is 2.10. The van der Waals surface area contributed by atoms with Crippen molar-refractivity contribution in [2.45, 2.75) is 26.7 Å². The fourth-order valence-electron chi connectivity index (χ4n) is 1.30. The quantitative estimate of drug-likeness (QED) is 0.651. The molecule has 0 amide bonds. The molecule has 0 N–H and O–H groups in total. The zero-order valence-corrected chi connectivity index (χ0v) is 7.92. The summed E-state index contributed by atoms with van der Waals surface area (Å²) in [6.45, 7) is 4.11. The summed E-state index contributed by atoms with van der Waals surface area (Å²) in [6, 6.07) is 2.00. The van der Waals surface area contributed by atoms with E-state index in [4.69, 9.17) is 0 Å². The molecule has 66 valence electrons. The summed E-state index contributed by atoms with van der Waals surface area (Å²) < 4.78 is 1.66. The molecular formula is C10H15NO. The van der Waals surface area contributed by atoms with Crippen LogP contribution in [0.15, 0.2) is 17.1 Å². The van der Waals surface area contributed by atoms with Gasteiger partial charge in [0.15, 0.2) is 0 Å². The van der Waals surface area contributed by atoms with Crippen molar-refractivity contribution in [1.29, 1.82) is 0 Å². The van der Waals surface area contributed by atoms with E-state index in [1.165, 1.54) is 5.56 Å². The predicted molar refractivity (Wildman–Crippen MR) is 50.4 cm³/mol. The molecule has 0 aliphatic carbocycles. The summed E-state index contributed by atoms with van der Waals surface area (Å²) in [5.74, 6) is 0. The lowest BCUT2D eigenvalue weighted by Gasteiger charge is -2.04. The molecule has 0 fully saturated rings. The third-order valence-corrected chi connectivity index (χ3v) is 2.10. The van der Waals surface area contributed by atoms with Crippen molar-refractivity contribution in [3.63, 3.8) is 0 Å². The van der Waals surface area contributed by atoms with Gasteiger partial charge in [-0.15, -0.1) is 0 Å². The van der Waals surface area contributed by atoms with Gasteiger partial charge < -0.3 is 4.57 Å². The minimum Gasteiger partial charge on any atom is -0.318 e. The molecule has 0 aliphatic heterocycles. The first-order valence-electron chi connectivity index (χ1n) is 4.37. The molecule has 12 heavy (non-hydrogen) atoms. The zero-order chi connectivity index (χ0) is 9.14. The average molecular weight is 165 g/mol. The smallest absolute Gasteiger partial charge is 0.253 e. The molecular weight excluding hydrogens is 150 g/mol. The van der Waals surface area contributed by atoms with E-state index < -0.39 is 0 Å². The first-order chi connectivity index (χ1) is 5.69. The van der Waals surface area contributed by atoms with E-state index >= 15 is 0 Å². The molecule has 2 heteroatoms. The highest BCUT2D eigenvalue weighted by atomic mass is 16.1. The molecule has 0 aromatic carbocycles. The number of pyridine rings is 1. The number of hydrogen-bond acceptors (Lipinski definition) is 1. The van der Waals surface area contributed by atoms with Gasteiger partial charge in [-0.25, -0.2) is 0 Å². The SMILES string of the molecule is CCc1cc(CC)c(=O)n(C)c1. The summed E-state index contributed by atoms with van der Waals surface area (Å²) in [7, 11) is 1.81. The maximum atomic E-state index is 11.4. The number of rotatable bonds is 2. The molecule has 1 rings (SSSR count). The Bertz CT molecular complexity index is 325. The van der Waals surface area contributed by atoms with E-state index in [1.54, 1.807) is 11.6 Å². The van der Waals surface area contributed by atoms with Crippen molar-refractivity contribution in [2.24, 2.45) is 7.05 Å². The average Bonchev–Trinajstić information content (AvgIpc) is 2.09. The van der Waals surface area contributed by atoms with Gasteiger partial charge in [-0.3, -0.25) is 4.79 Å². The van der Waals surface area contributed by atoms with Gasteiger partial charge >= 0.3 is 0 Å². The van der Waals surface area contributed by atoms with Crippen LogP contribution < -0.4 is 5.56 Å². The highest BCUT2D eigenvalue weighted by molar-refractivity contribution is 5.19. The Labute approximate surface area is 72.8 Å². The van der Waals surface area contributed by atoms with Gasteiger partial charge in [-0.1, -0.05) is 13.8 Å². The molecule has 0 spiro atoms. The minimum absolute atomic E-state index is 0.134. The number of hydrogen-bond donors (Lipinski definition) is 0. The van der Waals surface area contributed by atoms with Crippen LogP contribution in [0.5, 0.6) is 0 Å². The van der Waals surface area contributed by atoms with E-state index in [-0.39, 0.29) is 5.56 Å². The van der Waals surface area contributed by atoms with E-state index in [0.29, 0.717) is 0 Å². The summed E-state index contributed by atoms with van der Waals surface area (Å²) in [5, 5.41) is 0. The second-order valence-electron chi connectivity index (χ2n) is 3.00. The van der Waals surface area contributed by atoms with Crippen LogP contribution in [0.4, 0.5) is 0 Å². The van der Waals surface area contributed by atoms with Crippen LogP contribution in [0.2, 0.25) is 0 Å². The molecule has 1 heterocycles. The normalized spacial score (nSPS) is 10.2. The Hall–Kier alpha value is -1.05. The number of aromatic nitrogens is 1. The Balaban J connectivity index is 3.29. The van der Waals surface area contributed by atoms with Crippen molar-refractivity contribution < 1.29 is 0 Å². The van der Waals surface area contributed by atoms with Gasteiger partial charge in [0.25, 0.3) is 5.56 Å². The van der Waals surface area contributed by atoms with Crippen LogP contribution in [-0.2, 0) is 19.9 Å². The van der Waals surface area contributed by atoms with Gasteiger partial charge in [-0.05, 0) is 24.5 Å². The Morgan fingerprint density at radius 2 is 2.00 bits per heavy atom. The highest BCUT2D eigenvalue weighted by Gasteiger charge is 2.00. The maximum absolute atomic E-state index is 11.4. The molecule has 2 nitrogen and oxygen atoms in total. The minimum atomic E-state index is 0.134. The van der Waals surface area contributed by atoms with Crippen LogP contribution in [0.25, 0.3) is 0 Å². The monoisotopic (exact) mass is 165 g/mol. The fraction of sp³-hybridized carbons (Fsp3) is 0.500. The van der Waals surface area contributed by atoms with Crippen LogP contribution in [0.3, 0.4) is 0 Å².